The number of hydrazine groups is 2. The standard InChI is InChI=1S/C12H12N6O2/c13-5-8(6-14)7-18(16)12(20)10-3-1-2-9(4-10)11(19)17-15/h1-4,8H,7,15-16H2,(H,17,19). The number of rotatable bonds is 4. The first-order chi connectivity index (χ1) is 9.53. The number of carbonyl (C=O) groups is 2. The summed E-state index contributed by atoms with van der Waals surface area (Å²) in [6, 6.07) is 9.18. The van der Waals surface area contributed by atoms with E-state index in [0.29, 0.717) is 0 Å². The molecule has 1 aromatic rings. The van der Waals surface area contributed by atoms with Crippen molar-refractivity contribution in [1.29, 1.82) is 10.5 Å². The number of nitrogens with two attached hydrogens (primary N) is 2. The van der Waals surface area contributed by atoms with Crippen molar-refractivity contribution >= 4 is 11.8 Å². The molecule has 0 aliphatic carbocycles. The van der Waals surface area contributed by atoms with Crippen LogP contribution in [0.5, 0.6) is 0 Å². The van der Waals surface area contributed by atoms with E-state index in [1.807, 2.05) is 5.43 Å². The normalized spacial score (nSPS) is 9.45. The number of nitrogens with zero attached hydrogens (tertiary/aromatic N) is 3. The van der Waals surface area contributed by atoms with Crippen molar-refractivity contribution in [3.8, 4) is 12.1 Å². The quantitative estimate of drug-likeness (QED) is 0.373. The van der Waals surface area contributed by atoms with E-state index in [-0.39, 0.29) is 17.7 Å². The Balaban J connectivity index is 2.90. The zero-order valence-electron chi connectivity index (χ0n) is 10.4. The molecule has 0 bridgehead atoms. The maximum atomic E-state index is 12.0. The zero-order valence-corrected chi connectivity index (χ0v) is 10.4. The van der Waals surface area contributed by atoms with E-state index in [2.05, 4.69) is 0 Å². The molecule has 0 aromatic heterocycles. The topological polar surface area (TPSA) is 149 Å². The SMILES string of the molecule is N#CC(C#N)CN(N)C(=O)c1cccc(C(=O)NN)c1. The van der Waals surface area contributed by atoms with E-state index < -0.39 is 17.7 Å². The second kappa shape index (κ2) is 6.85. The molecule has 8 heteroatoms. The van der Waals surface area contributed by atoms with Gasteiger partial charge in [-0.2, -0.15) is 10.5 Å². The fourth-order valence-electron chi connectivity index (χ4n) is 1.43. The predicted molar refractivity (Wildman–Crippen MR) is 68.0 cm³/mol. The van der Waals surface area contributed by atoms with Gasteiger partial charge in [-0.05, 0) is 18.2 Å². The van der Waals surface area contributed by atoms with Crippen molar-refractivity contribution < 1.29 is 9.59 Å². The smallest absolute Gasteiger partial charge is 0.267 e. The molecule has 0 aliphatic rings. The van der Waals surface area contributed by atoms with Crippen molar-refractivity contribution in [2.24, 2.45) is 17.6 Å². The summed E-state index contributed by atoms with van der Waals surface area (Å²) in [6.45, 7) is -0.223. The molecule has 0 spiro atoms. The highest BCUT2D eigenvalue weighted by Gasteiger charge is 2.18. The molecule has 0 saturated heterocycles. The summed E-state index contributed by atoms with van der Waals surface area (Å²) in [5, 5.41) is 18.0. The number of nitrogen functional groups attached to an aromatic ring is 1. The first kappa shape index (κ1) is 15.1. The molecular formula is C12H12N6O2. The highest BCUT2D eigenvalue weighted by molar-refractivity contribution is 5.99. The molecule has 0 fully saturated rings. The first-order valence-electron chi connectivity index (χ1n) is 5.50. The summed E-state index contributed by atoms with van der Waals surface area (Å²) in [6.07, 6.45) is 0. The van der Waals surface area contributed by atoms with Crippen LogP contribution in [-0.4, -0.2) is 23.4 Å². The van der Waals surface area contributed by atoms with Crippen LogP contribution in [0.1, 0.15) is 20.7 Å². The summed E-state index contributed by atoms with van der Waals surface area (Å²) in [5.41, 5.74) is 2.30. The second-order valence-corrected chi connectivity index (χ2v) is 3.82. The van der Waals surface area contributed by atoms with Gasteiger partial charge in [0.2, 0.25) is 0 Å². The van der Waals surface area contributed by atoms with Crippen LogP contribution in [0.4, 0.5) is 0 Å². The van der Waals surface area contributed by atoms with Crippen molar-refractivity contribution in [3.05, 3.63) is 35.4 Å². The van der Waals surface area contributed by atoms with E-state index >= 15 is 0 Å². The van der Waals surface area contributed by atoms with Gasteiger partial charge in [-0.25, -0.2) is 11.7 Å². The number of benzene rings is 1. The van der Waals surface area contributed by atoms with Crippen molar-refractivity contribution in [1.82, 2.24) is 10.4 Å². The van der Waals surface area contributed by atoms with Gasteiger partial charge in [0, 0.05) is 11.1 Å². The summed E-state index contributed by atoms with van der Waals surface area (Å²) in [5.74, 6) is 8.35. The molecule has 0 saturated carbocycles. The molecule has 0 atom stereocenters. The number of hydrogen-bond donors (Lipinski definition) is 3. The molecule has 5 N–H and O–H groups in total. The number of amides is 2. The zero-order chi connectivity index (χ0) is 15.1. The highest BCUT2D eigenvalue weighted by atomic mass is 16.2. The van der Waals surface area contributed by atoms with Gasteiger partial charge in [-0.15, -0.1) is 0 Å². The van der Waals surface area contributed by atoms with Crippen LogP contribution in [0, 0.1) is 28.6 Å². The van der Waals surface area contributed by atoms with E-state index in [1.165, 1.54) is 24.3 Å². The lowest BCUT2D eigenvalue weighted by Gasteiger charge is -2.17. The van der Waals surface area contributed by atoms with E-state index in [1.54, 1.807) is 12.1 Å². The van der Waals surface area contributed by atoms with Gasteiger partial charge in [0.25, 0.3) is 11.8 Å². The lowest BCUT2D eigenvalue weighted by Crippen LogP contribution is -2.40. The van der Waals surface area contributed by atoms with Crippen LogP contribution in [0.2, 0.25) is 0 Å². The van der Waals surface area contributed by atoms with Gasteiger partial charge in [-0.3, -0.25) is 20.0 Å². The Labute approximate surface area is 115 Å². The average Bonchev–Trinajstić information content (AvgIpc) is 2.50. The van der Waals surface area contributed by atoms with Crippen LogP contribution in [-0.2, 0) is 0 Å². The van der Waals surface area contributed by atoms with Crippen molar-refractivity contribution in [2.45, 2.75) is 0 Å². The number of hydrogen-bond acceptors (Lipinski definition) is 6. The van der Waals surface area contributed by atoms with Gasteiger partial charge in [0.15, 0.2) is 5.92 Å². The Morgan fingerprint density at radius 3 is 2.45 bits per heavy atom. The predicted octanol–water partition coefficient (Wildman–Crippen LogP) is -0.731. The second-order valence-electron chi connectivity index (χ2n) is 3.82. The van der Waals surface area contributed by atoms with Crippen LogP contribution in [0.15, 0.2) is 24.3 Å². The Hall–Kier alpha value is -2.94. The van der Waals surface area contributed by atoms with Gasteiger partial charge in [0.1, 0.15) is 0 Å². The molecule has 102 valence electrons. The maximum absolute atomic E-state index is 12.0. The summed E-state index contributed by atoms with van der Waals surface area (Å²) >= 11 is 0. The molecule has 0 heterocycles. The molecule has 1 rings (SSSR count). The van der Waals surface area contributed by atoms with Gasteiger partial charge in [-0.1, -0.05) is 6.07 Å². The Morgan fingerprint density at radius 1 is 1.30 bits per heavy atom. The fraction of sp³-hybridized carbons (Fsp3) is 0.167. The lowest BCUT2D eigenvalue weighted by molar-refractivity contribution is 0.0749. The molecule has 8 nitrogen and oxygen atoms in total. The largest absolute Gasteiger partial charge is 0.290 e. The van der Waals surface area contributed by atoms with E-state index in [0.717, 1.165) is 5.01 Å². The first-order valence-corrected chi connectivity index (χ1v) is 5.50. The maximum Gasteiger partial charge on any atom is 0.267 e. The van der Waals surface area contributed by atoms with Gasteiger partial charge < -0.3 is 0 Å². The Morgan fingerprint density at radius 2 is 1.90 bits per heavy atom. The van der Waals surface area contributed by atoms with Crippen molar-refractivity contribution in [2.75, 3.05) is 6.54 Å². The molecule has 0 aliphatic heterocycles. The molecule has 20 heavy (non-hydrogen) atoms. The third kappa shape index (κ3) is 3.53. The Kier molecular flexibility index (Phi) is 5.18. The number of nitrogens with one attached hydrogen (secondary N) is 1. The molecule has 1 aromatic carbocycles. The highest BCUT2D eigenvalue weighted by Crippen LogP contribution is 2.08. The average molecular weight is 272 g/mol. The van der Waals surface area contributed by atoms with E-state index in [4.69, 9.17) is 22.2 Å². The summed E-state index contributed by atoms with van der Waals surface area (Å²) in [4.78, 5) is 23.3. The van der Waals surface area contributed by atoms with Gasteiger partial charge in [0.05, 0.1) is 18.7 Å². The van der Waals surface area contributed by atoms with Crippen LogP contribution >= 0.6 is 0 Å². The summed E-state index contributed by atoms with van der Waals surface area (Å²) in [7, 11) is 0. The minimum atomic E-state index is -1.01. The fourth-order valence-corrected chi connectivity index (χ4v) is 1.43. The third-order valence-corrected chi connectivity index (χ3v) is 2.45. The monoisotopic (exact) mass is 272 g/mol. The third-order valence-electron chi connectivity index (χ3n) is 2.45. The Bertz CT molecular complexity index is 587. The molecule has 0 radical (unpaired) electrons. The summed E-state index contributed by atoms with van der Waals surface area (Å²) < 4.78 is 0. The molecule has 0 unspecified atom stereocenters. The number of carbonyl (C=O) groups excluding carboxylic acids is 2. The molecule has 2 amide bonds. The minimum Gasteiger partial charge on any atom is -0.290 e. The molecular weight excluding hydrogens is 260 g/mol. The van der Waals surface area contributed by atoms with E-state index in [9.17, 15) is 9.59 Å². The van der Waals surface area contributed by atoms with Crippen LogP contribution in [0.3, 0.4) is 0 Å². The van der Waals surface area contributed by atoms with Gasteiger partial charge >= 0.3 is 0 Å². The van der Waals surface area contributed by atoms with Crippen LogP contribution in [0.25, 0.3) is 0 Å². The lowest BCUT2D eigenvalue weighted by atomic mass is 10.1. The van der Waals surface area contributed by atoms with Crippen LogP contribution < -0.4 is 17.1 Å². The number of nitriles is 2. The van der Waals surface area contributed by atoms with Crippen molar-refractivity contribution in [3.63, 3.8) is 0 Å². The minimum absolute atomic E-state index is 0.156.